The Bertz CT molecular complexity index is 1120. The molecular formula is C20H13Cl2F3N4O. The van der Waals surface area contributed by atoms with Gasteiger partial charge in [0.25, 0.3) is 0 Å². The van der Waals surface area contributed by atoms with Crippen molar-refractivity contribution in [1.29, 1.82) is 0 Å². The van der Waals surface area contributed by atoms with E-state index in [2.05, 4.69) is 9.94 Å². The third-order valence-corrected chi connectivity index (χ3v) is 5.18. The van der Waals surface area contributed by atoms with Crippen molar-refractivity contribution in [2.75, 3.05) is 11.6 Å². The molecule has 2 aromatic carbocycles. The van der Waals surface area contributed by atoms with Crippen molar-refractivity contribution < 1.29 is 17.9 Å². The third kappa shape index (κ3) is 3.72. The van der Waals surface area contributed by atoms with E-state index in [4.69, 9.17) is 34.5 Å². The summed E-state index contributed by atoms with van der Waals surface area (Å²) >= 11 is 12.4. The number of halogens is 5. The average Bonchev–Trinajstić information content (AvgIpc) is 3.07. The lowest BCUT2D eigenvalue weighted by Crippen LogP contribution is -2.32. The Balaban J connectivity index is 1.87. The molecule has 4 rings (SSSR count). The average molecular weight is 453 g/mol. The lowest BCUT2D eigenvalue weighted by atomic mass is 10.2. The van der Waals surface area contributed by atoms with E-state index in [9.17, 15) is 13.2 Å². The predicted octanol–water partition coefficient (Wildman–Crippen LogP) is 6.24. The number of nitrogens with zero attached hydrogens (tertiary/aromatic N) is 4. The van der Waals surface area contributed by atoms with E-state index in [0.29, 0.717) is 17.9 Å². The molecule has 1 aromatic heterocycles. The number of ether oxygens (including phenoxy) is 1. The molecule has 0 saturated heterocycles. The number of hydrogen-bond acceptors (Lipinski definition) is 3. The van der Waals surface area contributed by atoms with E-state index in [1.54, 1.807) is 0 Å². The first kappa shape index (κ1) is 20.5. The summed E-state index contributed by atoms with van der Waals surface area (Å²) in [4.78, 5) is 5.27. The molecule has 10 heteroatoms. The highest BCUT2D eigenvalue weighted by Crippen LogP contribution is 2.42. The first-order valence-electron chi connectivity index (χ1n) is 8.72. The van der Waals surface area contributed by atoms with Crippen molar-refractivity contribution >= 4 is 34.8 Å². The van der Waals surface area contributed by atoms with Gasteiger partial charge < -0.3 is 14.5 Å². The minimum Gasteiger partial charge on any atom is -0.359 e. The summed E-state index contributed by atoms with van der Waals surface area (Å²) in [6.45, 7) is 8.22. The molecular weight excluding hydrogens is 440 g/mol. The van der Waals surface area contributed by atoms with Crippen LogP contribution in [-0.4, -0.2) is 16.5 Å². The highest BCUT2D eigenvalue weighted by molar-refractivity contribution is 6.38. The molecule has 30 heavy (non-hydrogen) atoms. The van der Waals surface area contributed by atoms with Crippen LogP contribution in [0.1, 0.15) is 16.7 Å². The molecule has 0 bridgehead atoms. The maximum absolute atomic E-state index is 13.1. The van der Waals surface area contributed by atoms with Crippen molar-refractivity contribution in [2.45, 2.75) is 19.3 Å². The van der Waals surface area contributed by atoms with Gasteiger partial charge in [0.15, 0.2) is 5.82 Å². The van der Waals surface area contributed by atoms with Gasteiger partial charge in [0.05, 0.1) is 27.8 Å². The largest absolute Gasteiger partial charge is 0.416 e. The minimum absolute atomic E-state index is 0.0785. The molecule has 154 valence electrons. The van der Waals surface area contributed by atoms with Crippen LogP contribution in [0.2, 0.25) is 10.0 Å². The van der Waals surface area contributed by atoms with Gasteiger partial charge in [0.1, 0.15) is 12.4 Å². The SMILES string of the molecule is [C-]#[N+]c1nn(-c2c(Cl)cc(C(F)(F)F)cc2Cl)c2c1COCN2Cc1ccccc1. The van der Waals surface area contributed by atoms with E-state index >= 15 is 0 Å². The molecule has 0 N–H and O–H groups in total. The molecule has 0 saturated carbocycles. The van der Waals surface area contributed by atoms with E-state index in [1.807, 2.05) is 35.2 Å². The predicted molar refractivity (Wildman–Crippen MR) is 107 cm³/mol. The fourth-order valence-corrected chi connectivity index (χ4v) is 3.95. The summed E-state index contributed by atoms with van der Waals surface area (Å²) in [5.41, 5.74) is 0.629. The normalized spacial score (nSPS) is 13.8. The fraction of sp³-hybridized carbons (Fsp3) is 0.200. The molecule has 5 nitrogen and oxygen atoms in total. The van der Waals surface area contributed by atoms with E-state index in [0.717, 1.165) is 17.7 Å². The van der Waals surface area contributed by atoms with Gasteiger partial charge in [-0.1, -0.05) is 60.1 Å². The Morgan fingerprint density at radius 1 is 1.13 bits per heavy atom. The van der Waals surface area contributed by atoms with Crippen LogP contribution in [0, 0.1) is 6.57 Å². The lowest BCUT2D eigenvalue weighted by molar-refractivity contribution is -0.137. The van der Waals surface area contributed by atoms with Crippen LogP contribution in [0.3, 0.4) is 0 Å². The number of hydrogen-bond donors (Lipinski definition) is 0. The molecule has 1 aliphatic heterocycles. The monoisotopic (exact) mass is 452 g/mol. The first-order chi connectivity index (χ1) is 14.3. The summed E-state index contributed by atoms with van der Waals surface area (Å²) in [6, 6.07) is 11.2. The second kappa shape index (κ2) is 7.84. The quantitative estimate of drug-likeness (QED) is 0.441. The summed E-state index contributed by atoms with van der Waals surface area (Å²) in [5.74, 6) is 0.592. The summed E-state index contributed by atoms with van der Waals surface area (Å²) < 4.78 is 46.3. The van der Waals surface area contributed by atoms with Gasteiger partial charge in [-0.25, -0.2) is 0 Å². The van der Waals surface area contributed by atoms with Crippen molar-refractivity contribution in [2.24, 2.45) is 0 Å². The number of aromatic nitrogens is 2. The number of benzene rings is 2. The zero-order valence-corrected chi connectivity index (χ0v) is 16.8. The molecule has 1 aliphatic rings. The molecule has 0 aliphatic carbocycles. The smallest absolute Gasteiger partial charge is 0.359 e. The van der Waals surface area contributed by atoms with Gasteiger partial charge in [0, 0.05) is 6.54 Å². The van der Waals surface area contributed by atoms with Crippen LogP contribution in [-0.2, 0) is 24.1 Å². The molecule has 0 spiro atoms. The molecule has 0 unspecified atom stereocenters. The number of rotatable bonds is 3. The van der Waals surface area contributed by atoms with Crippen LogP contribution >= 0.6 is 23.2 Å². The summed E-state index contributed by atoms with van der Waals surface area (Å²) in [5, 5.41) is 3.84. The molecule has 2 heterocycles. The van der Waals surface area contributed by atoms with Crippen LogP contribution in [0.15, 0.2) is 42.5 Å². The van der Waals surface area contributed by atoms with Gasteiger partial charge in [-0.15, -0.1) is 4.68 Å². The Morgan fingerprint density at radius 2 is 1.80 bits per heavy atom. The maximum atomic E-state index is 13.1. The maximum Gasteiger partial charge on any atom is 0.416 e. The minimum atomic E-state index is -4.59. The van der Waals surface area contributed by atoms with Crippen molar-refractivity contribution in [3.8, 4) is 5.69 Å². The van der Waals surface area contributed by atoms with Gasteiger partial charge in [-0.3, -0.25) is 0 Å². The van der Waals surface area contributed by atoms with Crippen molar-refractivity contribution in [1.82, 2.24) is 9.78 Å². The number of anilines is 1. The van der Waals surface area contributed by atoms with E-state index < -0.39 is 11.7 Å². The van der Waals surface area contributed by atoms with Gasteiger partial charge >= 0.3 is 12.0 Å². The van der Waals surface area contributed by atoms with Crippen molar-refractivity contribution in [3.05, 3.63) is 80.6 Å². The van der Waals surface area contributed by atoms with Gasteiger partial charge in [-0.05, 0) is 22.8 Å². The van der Waals surface area contributed by atoms with Crippen LogP contribution in [0.5, 0.6) is 0 Å². The second-order valence-electron chi connectivity index (χ2n) is 6.60. The van der Waals surface area contributed by atoms with E-state index in [-0.39, 0.29) is 34.9 Å². The number of fused-ring (bicyclic) bond motifs is 1. The zero-order chi connectivity index (χ0) is 21.5. The number of alkyl halides is 3. The Hall–Kier alpha value is -2.73. The fourth-order valence-electron chi connectivity index (χ4n) is 3.30. The topological polar surface area (TPSA) is 34.6 Å². The molecule has 3 aromatic rings. The van der Waals surface area contributed by atoms with Gasteiger partial charge in [-0.2, -0.15) is 13.2 Å². The molecule has 0 fully saturated rings. The van der Waals surface area contributed by atoms with Crippen LogP contribution in [0.4, 0.5) is 24.8 Å². The first-order valence-corrected chi connectivity index (χ1v) is 9.47. The molecule has 0 amide bonds. The van der Waals surface area contributed by atoms with Crippen LogP contribution < -0.4 is 4.90 Å². The lowest BCUT2D eigenvalue weighted by Gasteiger charge is -2.29. The van der Waals surface area contributed by atoms with Gasteiger partial charge in [0.2, 0.25) is 0 Å². The Kier molecular flexibility index (Phi) is 5.36. The third-order valence-electron chi connectivity index (χ3n) is 4.61. The van der Waals surface area contributed by atoms with Crippen molar-refractivity contribution in [3.63, 3.8) is 0 Å². The highest BCUT2D eigenvalue weighted by Gasteiger charge is 2.35. The molecule has 0 atom stereocenters. The second-order valence-corrected chi connectivity index (χ2v) is 7.41. The Labute approximate surface area is 180 Å². The summed E-state index contributed by atoms with van der Waals surface area (Å²) in [7, 11) is 0. The van der Waals surface area contributed by atoms with Crippen LogP contribution in [0.25, 0.3) is 10.5 Å². The summed E-state index contributed by atoms with van der Waals surface area (Å²) in [6.07, 6.45) is -4.59. The zero-order valence-electron chi connectivity index (χ0n) is 15.2. The highest BCUT2D eigenvalue weighted by atomic mass is 35.5. The van der Waals surface area contributed by atoms with E-state index in [1.165, 1.54) is 4.68 Å². The standard InChI is InChI=1S/C20H13Cl2F3N4O/c1-26-18-14-10-30-11-28(9-12-5-3-2-4-6-12)19(14)29(27-18)17-15(21)7-13(8-16(17)22)20(23,24)25/h2-8H,9-11H2. The molecule has 0 radical (unpaired) electrons. The Morgan fingerprint density at radius 3 is 2.40 bits per heavy atom.